The van der Waals surface area contributed by atoms with Crippen LogP contribution in [0, 0.1) is 12.3 Å². The summed E-state index contributed by atoms with van der Waals surface area (Å²) in [6.45, 7) is 9.40. The van der Waals surface area contributed by atoms with E-state index >= 15 is 0 Å². The van der Waals surface area contributed by atoms with Gasteiger partial charge in [-0.05, 0) is 74.9 Å². The number of hydrogen-bond acceptors (Lipinski definition) is 5. The third kappa shape index (κ3) is 3.83. The predicted molar refractivity (Wildman–Crippen MR) is 112 cm³/mol. The third-order valence-corrected chi connectivity index (χ3v) is 6.76. The Balaban J connectivity index is 1.30. The van der Waals surface area contributed by atoms with Crippen molar-refractivity contribution in [2.45, 2.75) is 65.0 Å². The van der Waals surface area contributed by atoms with E-state index in [1.807, 2.05) is 49.5 Å². The highest BCUT2D eigenvalue weighted by atomic mass is 79.9. The summed E-state index contributed by atoms with van der Waals surface area (Å²) < 4.78 is 8.38. The number of aromatic nitrogens is 3. The fraction of sp³-hybridized carbons (Fsp3) is 0.650. The van der Waals surface area contributed by atoms with Crippen LogP contribution >= 0.6 is 15.9 Å². The van der Waals surface area contributed by atoms with Gasteiger partial charge in [-0.25, -0.2) is 14.3 Å². The van der Waals surface area contributed by atoms with Crippen LogP contribution in [0.15, 0.2) is 16.9 Å². The van der Waals surface area contributed by atoms with E-state index in [1.165, 1.54) is 0 Å². The smallest absolute Gasteiger partial charge is 0.410 e. The first-order valence-electron chi connectivity index (χ1n) is 9.89. The molecular weight excluding hydrogens is 422 g/mol. The molecule has 0 bridgehead atoms. The van der Waals surface area contributed by atoms with Crippen LogP contribution in [0.4, 0.5) is 10.7 Å². The second-order valence-electron chi connectivity index (χ2n) is 9.29. The zero-order valence-electron chi connectivity index (χ0n) is 17.0. The van der Waals surface area contributed by atoms with E-state index in [1.54, 1.807) is 0 Å². The molecule has 2 fully saturated rings. The minimum atomic E-state index is -0.434. The number of halogens is 1. The van der Waals surface area contributed by atoms with Gasteiger partial charge in [0.2, 0.25) is 5.95 Å². The van der Waals surface area contributed by atoms with E-state index in [0.29, 0.717) is 12.0 Å². The van der Waals surface area contributed by atoms with Gasteiger partial charge in [-0.15, -0.1) is 5.10 Å². The lowest BCUT2D eigenvalue weighted by molar-refractivity contribution is -0.0496. The Morgan fingerprint density at radius 3 is 2.64 bits per heavy atom. The molecule has 1 saturated heterocycles. The Morgan fingerprint density at radius 1 is 1.32 bits per heavy atom. The Hall–Kier alpha value is -1.83. The van der Waals surface area contributed by atoms with Gasteiger partial charge >= 0.3 is 6.09 Å². The predicted octanol–water partition coefficient (Wildman–Crippen LogP) is 4.39. The van der Waals surface area contributed by atoms with Crippen molar-refractivity contribution in [2.75, 3.05) is 18.4 Å². The third-order valence-electron chi connectivity index (χ3n) is 5.73. The SMILES string of the molecule is Cc1cn2nc(NC3CCC4(CC3)CN(C(=O)OC(C)(C)C)C4)ncc2c1Br. The molecule has 0 aromatic carbocycles. The highest BCUT2D eigenvalue weighted by Gasteiger charge is 2.48. The summed E-state index contributed by atoms with van der Waals surface area (Å²) in [6.07, 6.45) is 8.02. The topological polar surface area (TPSA) is 71.8 Å². The summed E-state index contributed by atoms with van der Waals surface area (Å²) in [4.78, 5) is 18.5. The summed E-state index contributed by atoms with van der Waals surface area (Å²) in [5.41, 5.74) is 1.95. The maximum atomic E-state index is 12.2. The molecule has 1 saturated carbocycles. The van der Waals surface area contributed by atoms with Crippen LogP contribution in [0.3, 0.4) is 0 Å². The maximum Gasteiger partial charge on any atom is 0.410 e. The molecule has 2 aromatic heterocycles. The van der Waals surface area contributed by atoms with Gasteiger partial charge in [-0.1, -0.05) is 0 Å². The molecule has 2 aliphatic rings. The van der Waals surface area contributed by atoms with Crippen molar-refractivity contribution in [3.63, 3.8) is 0 Å². The van der Waals surface area contributed by atoms with Crippen LogP contribution in [0.1, 0.15) is 52.0 Å². The average molecular weight is 450 g/mol. The molecule has 0 unspecified atom stereocenters. The largest absolute Gasteiger partial charge is 0.444 e. The van der Waals surface area contributed by atoms with Crippen molar-refractivity contribution < 1.29 is 9.53 Å². The van der Waals surface area contributed by atoms with E-state index in [2.05, 4.69) is 31.3 Å². The number of hydrogen-bond donors (Lipinski definition) is 1. The molecular formula is C20H28BrN5O2. The molecule has 1 amide bonds. The number of likely N-dealkylation sites (tertiary alicyclic amines) is 1. The van der Waals surface area contributed by atoms with Gasteiger partial charge in [0.1, 0.15) is 5.60 Å². The van der Waals surface area contributed by atoms with Crippen molar-refractivity contribution >= 4 is 33.5 Å². The van der Waals surface area contributed by atoms with Gasteiger partial charge < -0.3 is 15.0 Å². The van der Waals surface area contributed by atoms with Crippen LogP contribution in [0.25, 0.3) is 5.52 Å². The fourth-order valence-corrected chi connectivity index (χ4v) is 4.61. The minimum Gasteiger partial charge on any atom is -0.444 e. The van der Waals surface area contributed by atoms with Crippen LogP contribution < -0.4 is 5.32 Å². The first-order chi connectivity index (χ1) is 13.1. The Labute approximate surface area is 174 Å². The number of nitrogens with zero attached hydrogens (tertiary/aromatic N) is 4. The highest BCUT2D eigenvalue weighted by Crippen LogP contribution is 2.44. The Bertz CT molecular complexity index is 888. The van der Waals surface area contributed by atoms with Gasteiger partial charge in [0.15, 0.2) is 0 Å². The van der Waals surface area contributed by atoms with Gasteiger partial charge in [-0.3, -0.25) is 0 Å². The van der Waals surface area contributed by atoms with E-state index in [0.717, 1.165) is 54.3 Å². The van der Waals surface area contributed by atoms with Crippen LogP contribution in [-0.4, -0.2) is 50.3 Å². The quantitative estimate of drug-likeness (QED) is 0.735. The zero-order chi connectivity index (χ0) is 20.1. The lowest BCUT2D eigenvalue weighted by atomic mass is 9.67. The average Bonchev–Trinajstić information content (AvgIpc) is 2.86. The van der Waals surface area contributed by atoms with Crippen molar-refractivity contribution in [2.24, 2.45) is 5.41 Å². The molecule has 28 heavy (non-hydrogen) atoms. The van der Waals surface area contributed by atoms with Crippen LogP contribution in [0.2, 0.25) is 0 Å². The van der Waals surface area contributed by atoms with Gasteiger partial charge in [0.05, 0.1) is 11.7 Å². The van der Waals surface area contributed by atoms with E-state index in [-0.39, 0.29) is 11.5 Å². The van der Waals surface area contributed by atoms with Gasteiger partial charge in [0, 0.05) is 35.2 Å². The maximum absolute atomic E-state index is 12.2. The van der Waals surface area contributed by atoms with Crippen molar-refractivity contribution in [1.82, 2.24) is 19.5 Å². The summed E-state index contributed by atoms with van der Waals surface area (Å²) >= 11 is 3.57. The molecule has 0 atom stereocenters. The molecule has 7 nitrogen and oxygen atoms in total. The number of aryl methyl sites for hydroxylation is 1. The number of fused-ring (bicyclic) bond motifs is 1. The molecule has 1 aliphatic heterocycles. The monoisotopic (exact) mass is 449 g/mol. The number of carbonyl (C=O) groups excluding carboxylic acids is 1. The number of carbonyl (C=O) groups is 1. The number of ether oxygens (including phenoxy) is 1. The molecule has 2 aromatic rings. The van der Waals surface area contributed by atoms with Crippen LogP contribution in [-0.2, 0) is 4.74 Å². The summed E-state index contributed by atoms with van der Waals surface area (Å²) in [5, 5.41) is 8.07. The molecule has 1 N–H and O–H groups in total. The molecule has 1 aliphatic carbocycles. The molecule has 0 radical (unpaired) electrons. The van der Waals surface area contributed by atoms with Crippen molar-refractivity contribution in [1.29, 1.82) is 0 Å². The second kappa shape index (κ2) is 6.90. The molecule has 152 valence electrons. The molecule has 8 heteroatoms. The number of rotatable bonds is 2. The standard InChI is InChI=1S/C20H28BrN5O2/c1-13-10-26-15(16(13)21)9-22-17(24-26)23-14-5-7-20(8-6-14)11-25(12-20)18(27)28-19(2,3)4/h9-10,14H,5-8,11-12H2,1-4H3,(H,23,24). The van der Waals surface area contributed by atoms with Gasteiger partial charge in [-0.2, -0.15) is 0 Å². The van der Waals surface area contributed by atoms with E-state index in [9.17, 15) is 4.79 Å². The molecule has 4 rings (SSSR count). The lowest BCUT2D eigenvalue weighted by Crippen LogP contribution is -2.60. The van der Waals surface area contributed by atoms with Crippen LogP contribution in [0.5, 0.6) is 0 Å². The zero-order valence-corrected chi connectivity index (χ0v) is 18.5. The Kier molecular flexibility index (Phi) is 4.80. The van der Waals surface area contributed by atoms with Crippen molar-refractivity contribution in [3.8, 4) is 0 Å². The van der Waals surface area contributed by atoms with Crippen molar-refractivity contribution in [3.05, 3.63) is 22.4 Å². The van der Waals surface area contributed by atoms with E-state index in [4.69, 9.17) is 4.74 Å². The number of nitrogens with one attached hydrogen (secondary N) is 1. The molecule has 1 spiro atoms. The Morgan fingerprint density at radius 2 is 2.00 bits per heavy atom. The fourth-order valence-electron chi connectivity index (χ4n) is 4.22. The van der Waals surface area contributed by atoms with E-state index < -0.39 is 5.60 Å². The molecule has 3 heterocycles. The number of anilines is 1. The summed E-state index contributed by atoms with van der Waals surface area (Å²) in [5.74, 6) is 0.667. The first-order valence-corrected chi connectivity index (χ1v) is 10.7. The van der Waals surface area contributed by atoms with Gasteiger partial charge in [0.25, 0.3) is 0 Å². The lowest BCUT2D eigenvalue weighted by Gasteiger charge is -2.53. The summed E-state index contributed by atoms with van der Waals surface area (Å²) in [6, 6.07) is 0.374. The summed E-state index contributed by atoms with van der Waals surface area (Å²) in [7, 11) is 0. The normalized spacial score (nSPS) is 19.7. The second-order valence-corrected chi connectivity index (χ2v) is 10.1. The highest BCUT2D eigenvalue weighted by molar-refractivity contribution is 9.10. The number of amides is 1. The minimum absolute atomic E-state index is 0.187. The first kappa shape index (κ1) is 19.5.